The average molecular weight is 431 g/mol. The molecule has 3 atom stereocenters. The van der Waals surface area contributed by atoms with Gasteiger partial charge in [0, 0.05) is 6.42 Å². The Balaban J connectivity index is 5.43. The summed E-state index contributed by atoms with van der Waals surface area (Å²) in [7, 11) is 0. The van der Waals surface area contributed by atoms with Crippen LogP contribution in [-0.4, -0.2) is 64.5 Å². The van der Waals surface area contributed by atoms with Crippen molar-refractivity contribution in [3.8, 4) is 0 Å². The third-order valence-corrected chi connectivity index (χ3v) is 4.15. The lowest BCUT2D eigenvalue weighted by atomic mass is 10.0. The number of carboxylic acid groups (broad SMARTS) is 2. The van der Waals surface area contributed by atoms with Crippen LogP contribution in [0.25, 0.3) is 0 Å². The van der Waals surface area contributed by atoms with Gasteiger partial charge >= 0.3 is 11.9 Å². The van der Waals surface area contributed by atoms with Crippen molar-refractivity contribution in [3.63, 3.8) is 0 Å². The summed E-state index contributed by atoms with van der Waals surface area (Å²) in [6.45, 7) is 6.95. The average Bonchev–Trinajstić information content (AvgIpc) is 2.62. The highest BCUT2D eigenvalue weighted by atomic mass is 16.4. The second-order valence-corrected chi connectivity index (χ2v) is 7.98. The van der Waals surface area contributed by atoms with E-state index in [4.69, 9.17) is 10.8 Å². The Morgan fingerprint density at radius 1 is 0.767 bits per heavy atom. The summed E-state index contributed by atoms with van der Waals surface area (Å²) < 4.78 is 0. The van der Waals surface area contributed by atoms with Crippen LogP contribution in [0.15, 0.2) is 0 Å². The number of nitrogens with two attached hydrogens (primary N) is 1. The molecular weight excluding hydrogens is 396 g/mol. The maximum Gasteiger partial charge on any atom is 0.326 e. The van der Waals surface area contributed by atoms with Crippen LogP contribution >= 0.6 is 0 Å². The Morgan fingerprint density at radius 2 is 1.23 bits per heavy atom. The van der Waals surface area contributed by atoms with E-state index in [2.05, 4.69) is 16.0 Å². The lowest BCUT2D eigenvalue weighted by Crippen LogP contribution is -2.56. The zero-order chi connectivity index (χ0) is 23.4. The molecule has 0 aliphatic rings. The molecule has 0 aliphatic heterocycles. The highest BCUT2D eigenvalue weighted by Gasteiger charge is 2.30. The van der Waals surface area contributed by atoms with Crippen LogP contribution in [0.4, 0.5) is 0 Å². The quantitative estimate of drug-likeness (QED) is 0.211. The van der Waals surface area contributed by atoms with Crippen LogP contribution in [-0.2, 0) is 24.0 Å². The Hall–Kier alpha value is -2.69. The van der Waals surface area contributed by atoms with Crippen LogP contribution in [0, 0.1) is 11.8 Å². The normalized spacial score (nSPS) is 14.0. The van der Waals surface area contributed by atoms with E-state index in [0.717, 1.165) is 0 Å². The monoisotopic (exact) mass is 430 g/mol. The number of carbonyl (C=O) groups excluding carboxylic acids is 3. The molecule has 0 aliphatic carbocycles. The number of carbonyl (C=O) groups is 5. The lowest BCUT2D eigenvalue weighted by molar-refractivity contribution is -0.143. The molecule has 3 unspecified atom stereocenters. The standard InChI is InChI=1S/C19H34N4O7/c1-10(2)7-13(21-15(24)9-20)18(28)22-12(5-6-16(25)26)17(27)23-14(19(29)30)8-11(3)4/h10-14H,5-9,20H2,1-4H3,(H,21,24)(H,22,28)(H,23,27)(H,25,26)(H,29,30). The van der Waals surface area contributed by atoms with Gasteiger partial charge < -0.3 is 31.9 Å². The molecule has 0 heterocycles. The van der Waals surface area contributed by atoms with Gasteiger partial charge in [0.05, 0.1) is 6.54 Å². The lowest BCUT2D eigenvalue weighted by Gasteiger charge is -2.25. The minimum atomic E-state index is -1.27. The molecule has 0 rings (SSSR count). The summed E-state index contributed by atoms with van der Waals surface area (Å²) in [5.41, 5.74) is 5.28. The fraction of sp³-hybridized carbons (Fsp3) is 0.737. The Kier molecular flexibility index (Phi) is 12.3. The van der Waals surface area contributed by atoms with Crippen molar-refractivity contribution in [2.45, 2.75) is 71.5 Å². The first-order chi connectivity index (χ1) is 13.9. The molecule has 0 saturated carbocycles. The third-order valence-electron chi connectivity index (χ3n) is 4.15. The second-order valence-electron chi connectivity index (χ2n) is 7.98. The molecule has 0 aromatic rings. The van der Waals surface area contributed by atoms with Gasteiger partial charge in [0.2, 0.25) is 17.7 Å². The maximum absolute atomic E-state index is 12.7. The number of nitrogens with one attached hydrogen (secondary N) is 3. The molecule has 0 aromatic heterocycles. The molecule has 3 amide bonds. The van der Waals surface area contributed by atoms with Crippen molar-refractivity contribution in [2.24, 2.45) is 17.6 Å². The molecule has 11 nitrogen and oxygen atoms in total. The van der Waals surface area contributed by atoms with E-state index >= 15 is 0 Å². The van der Waals surface area contributed by atoms with E-state index in [9.17, 15) is 29.1 Å². The van der Waals surface area contributed by atoms with E-state index < -0.39 is 54.2 Å². The molecule has 0 fully saturated rings. The van der Waals surface area contributed by atoms with Gasteiger partial charge in [-0.05, 0) is 31.1 Å². The van der Waals surface area contributed by atoms with E-state index in [0.29, 0.717) is 0 Å². The first-order valence-corrected chi connectivity index (χ1v) is 9.92. The number of hydrogen-bond acceptors (Lipinski definition) is 6. The zero-order valence-corrected chi connectivity index (χ0v) is 17.9. The van der Waals surface area contributed by atoms with Gasteiger partial charge in [0.15, 0.2) is 0 Å². The topological polar surface area (TPSA) is 188 Å². The largest absolute Gasteiger partial charge is 0.481 e. The van der Waals surface area contributed by atoms with Crippen LogP contribution in [0.2, 0.25) is 0 Å². The summed E-state index contributed by atoms with van der Waals surface area (Å²) in [6.07, 6.45) is -0.205. The first kappa shape index (κ1) is 27.3. The van der Waals surface area contributed by atoms with Crippen LogP contribution in [0.5, 0.6) is 0 Å². The van der Waals surface area contributed by atoms with Crippen molar-refractivity contribution in [2.75, 3.05) is 6.54 Å². The van der Waals surface area contributed by atoms with Crippen LogP contribution in [0.1, 0.15) is 53.4 Å². The van der Waals surface area contributed by atoms with Crippen molar-refractivity contribution in [1.82, 2.24) is 16.0 Å². The van der Waals surface area contributed by atoms with Gasteiger partial charge in [-0.3, -0.25) is 19.2 Å². The van der Waals surface area contributed by atoms with E-state index in [1.165, 1.54) is 0 Å². The second kappa shape index (κ2) is 13.5. The Bertz CT molecular complexity index is 622. The minimum absolute atomic E-state index is 0.0136. The van der Waals surface area contributed by atoms with Crippen LogP contribution < -0.4 is 21.7 Å². The Labute approximate surface area is 176 Å². The molecule has 0 aromatic carbocycles. The van der Waals surface area contributed by atoms with Gasteiger partial charge in [-0.15, -0.1) is 0 Å². The minimum Gasteiger partial charge on any atom is -0.481 e. The summed E-state index contributed by atoms with van der Waals surface area (Å²) in [6, 6.07) is -3.41. The van der Waals surface area contributed by atoms with Gasteiger partial charge in [0.25, 0.3) is 0 Å². The fourth-order valence-corrected chi connectivity index (χ4v) is 2.73. The number of rotatable bonds is 14. The predicted molar refractivity (Wildman–Crippen MR) is 108 cm³/mol. The Morgan fingerprint density at radius 3 is 1.67 bits per heavy atom. The van der Waals surface area contributed by atoms with Crippen molar-refractivity contribution in [3.05, 3.63) is 0 Å². The molecule has 0 radical (unpaired) electrons. The smallest absolute Gasteiger partial charge is 0.326 e. The van der Waals surface area contributed by atoms with E-state index in [1.807, 2.05) is 13.8 Å². The third kappa shape index (κ3) is 11.3. The van der Waals surface area contributed by atoms with Crippen LogP contribution in [0.3, 0.4) is 0 Å². The van der Waals surface area contributed by atoms with E-state index in [-0.39, 0.29) is 37.6 Å². The zero-order valence-electron chi connectivity index (χ0n) is 17.9. The number of carboxylic acids is 2. The first-order valence-electron chi connectivity index (χ1n) is 9.92. The summed E-state index contributed by atoms with van der Waals surface area (Å²) in [5.74, 6) is -4.40. The van der Waals surface area contributed by atoms with E-state index in [1.54, 1.807) is 13.8 Å². The van der Waals surface area contributed by atoms with Gasteiger partial charge in [-0.25, -0.2) is 4.79 Å². The number of hydrogen-bond donors (Lipinski definition) is 6. The molecule has 30 heavy (non-hydrogen) atoms. The van der Waals surface area contributed by atoms with Crippen molar-refractivity contribution < 1.29 is 34.2 Å². The molecule has 11 heteroatoms. The van der Waals surface area contributed by atoms with Crippen molar-refractivity contribution >= 4 is 29.7 Å². The predicted octanol–water partition coefficient (Wildman–Crippen LogP) is -0.559. The fourth-order valence-electron chi connectivity index (χ4n) is 2.73. The molecule has 7 N–H and O–H groups in total. The maximum atomic E-state index is 12.7. The molecule has 0 bridgehead atoms. The summed E-state index contributed by atoms with van der Waals surface area (Å²) >= 11 is 0. The highest BCUT2D eigenvalue weighted by Crippen LogP contribution is 2.09. The van der Waals surface area contributed by atoms with Gasteiger partial charge in [-0.2, -0.15) is 0 Å². The highest BCUT2D eigenvalue weighted by molar-refractivity contribution is 5.93. The summed E-state index contributed by atoms with van der Waals surface area (Å²) in [4.78, 5) is 59.3. The van der Waals surface area contributed by atoms with Gasteiger partial charge in [-0.1, -0.05) is 27.7 Å². The molecule has 0 spiro atoms. The summed E-state index contributed by atoms with van der Waals surface area (Å²) in [5, 5.41) is 25.5. The molecule has 172 valence electrons. The SMILES string of the molecule is CC(C)CC(NC(=O)C(CCC(=O)O)NC(=O)C(CC(C)C)NC(=O)CN)C(=O)O. The molecular formula is C19H34N4O7. The molecule has 0 saturated heterocycles. The van der Waals surface area contributed by atoms with Gasteiger partial charge in [0.1, 0.15) is 18.1 Å². The number of aliphatic carboxylic acids is 2. The number of amides is 3. The van der Waals surface area contributed by atoms with Crippen molar-refractivity contribution in [1.29, 1.82) is 0 Å².